The van der Waals surface area contributed by atoms with Gasteiger partial charge in [0.15, 0.2) is 17.1 Å². The molecule has 2 heterocycles. The Hall–Kier alpha value is -2.41. The molecule has 0 saturated carbocycles. The number of hydrogen-bond donors (Lipinski definition) is 1. The lowest BCUT2D eigenvalue weighted by Crippen LogP contribution is -2.40. The van der Waals surface area contributed by atoms with Crippen LogP contribution in [-0.2, 0) is 10.3 Å². The zero-order valence-corrected chi connectivity index (χ0v) is 13.2. The van der Waals surface area contributed by atoms with E-state index >= 15 is 0 Å². The zero-order valence-electron chi connectivity index (χ0n) is 12.4. The van der Waals surface area contributed by atoms with E-state index < -0.39 is 17.4 Å². The number of nitrogens with zero attached hydrogens (tertiary/aromatic N) is 1. The van der Waals surface area contributed by atoms with Crippen LogP contribution >= 0.6 is 11.3 Å². The smallest absolute Gasteiger partial charge is 0.325 e. The Morgan fingerprint density at radius 2 is 2.04 bits per heavy atom. The topological polar surface area (TPSA) is 58.6 Å². The number of rotatable bonds is 5. The number of ether oxygens (including phenoxy) is 1. The zero-order chi connectivity index (χ0) is 16.4. The molecule has 0 radical (unpaired) electrons. The van der Waals surface area contributed by atoms with Crippen molar-refractivity contribution >= 4 is 23.3 Å². The van der Waals surface area contributed by atoms with E-state index in [0.717, 1.165) is 9.78 Å². The molecule has 1 fully saturated rings. The van der Waals surface area contributed by atoms with Crippen molar-refractivity contribution in [3.63, 3.8) is 0 Å². The van der Waals surface area contributed by atoms with Gasteiger partial charge in [0.25, 0.3) is 5.91 Å². The van der Waals surface area contributed by atoms with E-state index in [1.807, 2.05) is 17.5 Å². The van der Waals surface area contributed by atoms with Crippen molar-refractivity contribution in [1.29, 1.82) is 0 Å². The third kappa shape index (κ3) is 2.79. The number of benzene rings is 1. The van der Waals surface area contributed by atoms with Crippen molar-refractivity contribution < 1.29 is 18.7 Å². The molecule has 0 spiro atoms. The van der Waals surface area contributed by atoms with E-state index in [-0.39, 0.29) is 24.8 Å². The lowest BCUT2D eigenvalue weighted by Gasteiger charge is -2.20. The second kappa shape index (κ2) is 6.00. The van der Waals surface area contributed by atoms with Gasteiger partial charge in [0, 0.05) is 4.88 Å². The minimum atomic E-state index is -1.05. The molecule has 1 aliphatic rings. The summed E-state index contributed by atoms with van der Waals surface area (Å²) in [6, 6.07) is 9.17. The van der Waals surface area contributed by atoms with Crippen LogP contribution in [-0.4, -0.2) is 30.0 Å². The first-order valence-electron chi connectivity index (χ1n) is 7.08. The molecule has 0 bridgehead atoms. The van der Waals surface area contributed by atoms with Gasteiger partial charge < -0.3 is 10.1 Å². The molecular formula is C16H15FN2O3S. The second-order valence-electron chi connectivity index (χ2n) is 5.27. The Balaban J connectivity index is 1.66. The number of imide groups is 1. The van der Waals surface area contributed by atoms with Gasteiger partial charge in [-0.1, -0.05) is 18.2 Å². The Kier molecular flexibility index (Phi) is 4.04. The van der Waals surface area contributed by atoms with Gasteiger partial charge in [-0.15, -0.1) is 11.3 Å². The predicted molar refractivity (Wildman–Crippen MR) is 83.8 cm³/mol. The van der Waals surface area contributed by atoms with Gasteiger partial charge in [0.1, 0.15) is 6.61 Å². The highest BCUT2D eigenvalue weighted by atomic mass is 32.1. The third-order valence-corrected chi connectivity index (χ3v) is 4.79. The van der Waals surface area contributed by atoms with E-state index in [4.69, 9.17) is 4.74 Å². The number of amides is 3. The van der Waals surface area contributed by atoms with Crippen LogP contribution < -0.4 is 10.1 Å². The minimum absolute atomic E-state index is 0.0284. The van der Waals surface area contributed by atoms with E-state index in [0.29, 0.717) is 0 Å². The van der Waals surface area contributed by atoms with Crippen LogP contribution in [0.2, 0.25) is 0 Å². The maximum atomic E-state index is 13.5. The monoisotopic (exact) mass is 334 g/mol. The van der Waals surface area contributed by atoms with Gasteiger partial charge in [-0.3, -0.25) is 9.69 Å². The van der Waals surface area contributed by atoms with Crippen molar-refractivity contribution in [2.24, 2.45) is 0 Å². The molecule has 120 valence electrons. The Morgan fingerprint density at radius 3 is 2.74 bits per heavy atom. The van der Waals surface area contributed by atoms with E-state index in [1.165, 1.54) is 23.5 Å². The molecule has 1 aromatic carbocycles. The third-order valence-electron chi connectivity index (χ3n) is 3.70. The minimum Gasteiger partial charge on any atom is -0.489 e. The van der Waals surface area contributed by atoms with Crippen molar-refractivity contribution in [2.45, 2.75) is 12.5 Å². The molecular weight excluding hydrogens is 319 g/mol. The number of carbonyl (C=O) groups is 2. The first-order chi connectivity index (χ1) is 11.0. The summed E-state index contributed by atoms with van der Waals surface area (Å²) in [5.74, 6) is -0.712. The van der Waals surface area contributed by atoms with Gasteiger partial charge in [-0.2, -0.15) is 0 Å². The molecule has 3 rings (SSSR count). The first kappa shape index (κ1) is 15.5. The number of nitrogens with one attached hydrogen (secondary N) is 1. The van der Waals surface area contributed by atoms with Crippen LogP contribution in [0.15, 0.2) is 41.8 Å². The van der Waals surface area contributed by atoms with Crippen LogP contribution in [0.25, 0.3) is 0 Å². The van der Waals surface area contributed by atoms with Crippen molar-refractivity contribution in [3.05, 3.63) is 52.5 Å². The molecule has 1 aromatic heterocycles. The Bertz CT molecular complexity index is 735. The summed E-state index contributed by atoms with van der Waals surface area (Å²) in [5.41, 5.74) is -1.05. The van der Waals surface area contributed by atoms with Crippen LogP contribution in [0, 0.1) is 5.82 Å². The van der Waals surface area contributed by atoms with Crippen molar-refractivity contribution in [1.82, 2.24) is 10.2 Å². The average Bonchev–Trinajstić information content (AvgIpc) is 3.13. The van der Waals surface area contributed by atoms with E-state index in [9.17, 15) is 14.0 Å². The maximum absolute atomic E-state index is 13.5. The molecule has 1 aliphatic heterocycles. The number of carbonyl (C=O) groups excluding carboxylic acids is 2. The summed E-state index contributed by atoms with van der Waals surface area (Å²) < 4.78 is 18.8. The fourth-order valence-electron chi connectivity index (χ4n) is 2.44. The number of thiophene rings is 1. The summed E-state index contributed by atoms with van der Waals surface area (Å²) in [5, 5.41) is 4.56. The summed E-state index contributed by atoms with van der Waals surface area (Å²) in [6.07, 6.45) is 0. The molecule has 0 aliphatic carbocycles. The van der Waals surface area contributed by atoms with Gasteiger partial charge in [0.05, 0.1) is 6.54 Å². The SMILES string of the molecule is CC1(c2cccs2)NC(=O)N(CCOc2ccccc2F)C1=O. The van der Waals surface area contributed by atoms with Crippen LogP contribution in [0.4, 0.5) is 9.18 Å². The van der Waals surface area contributed by atoms with Gasteiger partial charge in [0.2, 0.25) is 0 Å². The van der Waals surface area contributed by atoms with Gasteiger partial charge in [-0.05, 0) is 30.5 Å². The molecule has 5 nitrogen and oxygen atoms in total. The quantitative estimate of drug-likeness (QED) is 0.856. The Labute approximate surface area is 136 Å². The summed E-state index contributed by atoms with van der Waals surface area (Å²) >= 11 is 1.41. The molecule has 1 N–H and O–H groups in total. The number of hydrogen-bond acceptors (Lipinski definition) is 4. The highest BCUT2D eigenvalue weighted by molar-refractivity contribution is 7.10. The lowest BCUT2D eigenvalue weighted by molar-refractivity contribution is -0.131. The fraction of sp³-hybridized carbons (Fsp3) is 0.250. The van der Waals surface area contributed by atoms with E-state index in [1.54, 1.807) is 19.1 Å². The van der Waals surface area contributed by atoms with Crippen molar-refractivity contribution in [3.8, 4) is 5.75 Å². The van der Waals surface area contributed by atoms with Crippen molar-refractivity contribution in [2.75, 3.05) is 13.2 Å². The molecule has 1 saturated heterocycles. The Morgan fingerprint density at radius 1 is 1.26 bits per heavy atom. The van der Waals surface area contributed by atoms with Crippen LogP contribution in [0.1, 0.15) is 11.8 Å². The first-order valence-corrected chi connectivity index (χ1v) is 7.96. The number of para-hydroxylation sites is 1. The standard InChI is InChI=1S/C16H15FN2O3S/c1-16(13-7-4-10-23-13)14(20)19(15(21)18-16)8-9-22-12-6-3-2-5-11(12)17/h2-7,10H,8-9H2,1H3,(H,18,21). The lowest BCUT2D eigenvalue weighted by atomic mass is 10.0. The highest BCUT2D eigenvalue weighted by Gasteiger charge is 2.49. The van der Waals surface area contributed by atoms with Gasteiger partial charge >= 0.3 is 6.03 Å². The number of halogens is 1. The van der Waals surface area contributed by atoms with E-state index in [2.05, 4.69) is 5.32 Å². The summed E-state index contributed by atoms with van der Waals surface area (Å²) in [4.78, 5) is 26.5. The fourth-order valence-corrected chi connectivity index (χ4v) is 3.27. The van der Waals surface area contributed by atoms with Crippen LogP contribution in [0.5, 0.6) is 5.75 Å². The maximum Gasteiger partial charge on any atom is 0.325 e. The molecule has 23 heavy (non-hydrogen) atoms. The largest absolute Gasteiger partial charge is 0.489 e. The molecule has 1 atom stereocenters. The average molecular weight is 334 g/mol. The number of urea groups is 1. The summed E-state index contributed by atoms with van der Waals surface area (Å²) in [6.45, 7) is 1.76. The second-order valence-corrected chi connectivity index (χ2v) is 6.22. The molecule has 2 aromatic rings. The van der Waals surface area contributed by atoms with Crippen LogP contribution in [0.3, 0.4) is 0 Å². The molecule has 7 heteroatoms. The highest BCUT2D eigenvalue weighted by Crippen LogP contribution is 2.31. The predicted octanol–water partition coefficient (Wildman–Crippen LogP) is 2.73. The molecule has 1 unspecified atom stereocenters. The molecule has 3 amide bonds. The normalized spacial score (nSPS) is 20.7. The summed E-state index contributed by atoms with van der Waals surface area (Å²) in [7, 11) is 0. The van der Waals surface area contributed by atoms with Gasteiger partial charge in [-0.25, -0.2) is 9.18 Å².